The number of likely N-dealkylation sites (tertiary alicyclic amines) is 1. The summed E-state index contributed by atoms with van der Waals surface area (Å²) in [5, 5.41) is 7.73. The zero-order valence-electron chi connectivity index (χ0n) is 19.2. The summed E-state index contributed by atoms with van der Waals surface area (Å²) in [4.78, 5) is 15.2. The highest BCUT2D eigenvalue weighted by atomic mass is 16.1. The lowest BCUT2D eigenvalue weighted by Crippen LogP contribution is -2.26. The minimum absolute atomic E-state index is 0.0585. The van der Waals surface area contributed by atoms with Crippen molar-refractivity contribution in [1.82, 2.24) is 20.0 Å². The molecule has 1 aromatic heterocycles. The molecule has 1 fully saturated rings. The largest absolute Gasteiger partial charge is 0.352 e. The highest BCUT2D eigenvalue weighted by molar-refractivity contribution is 5.79. The minimum Gasteiger partial charge on any atom is -0.352 e. The number of nitrogens with one attached hydrogen (secondary N) is 1. The lowest BCUT2D eigenvalue weighted by molar-refractivity contribution is -0.120. The molecule has 5 heteroatoms. The van der Waals surface area contributed by atoms with Crippen molar-refractivity contribution in [2.24, 2.45) is 5.92 Å². The molecule has 0 unspecified atom stereocenters. The molecule has 164 valence electrons. The van der Waals surface area contributed by atoms with E-state index in [2.05, 4.69) is 60.4 Å². The van der Waals surface area contributed by atoms with E-state index >= 15 is 0 Å². The number of nitrogens with zero attached hydrogens (tertiary/aromatic N) is 3. The van der Waals surface area contributed by atoms with E-state index in [1.807, 2.05) is 11.6 Å². The Labute approximate surface area is 181 Å². The number of carbonyl (C=O) groups is 1. The van der Waals surface area contributed by atoms with Crippen molar-refractivity contribution in [2.75, 3.05) is 13.1 Å². The van der Waals surface area contributed by atoms with Crippen LogP contribution in [0.5, 0.6) is 0 Å². The summed E-state index contributed by atoms with van der Waals surface area (Å²) in [6, 6.07) is 8.65. The van der Waals surface area contributed by atoms with E-state index in [-0.39, 0.29) is 5.91 Å². The second kappa shape index (κ2) is 10.8. The Kier molecular flexibility index (Phi) is 8.08. The fourth-order valence-electron chi connectivity index (χ4n) is 4.33. The van der Waals surface area contributed by atoms with Gasteiger partial charge in [0.05, 0.1) is 12.1 Å². The van der Waals surface area contributed by atoms with Crippen LogP contribution in [0.3, 0.4) is 0 Å². The number of hydrogen-bond donors (Lipinski definition) is 1. The predicted molar refractivity (Wildman–Crippen MR) is 122 cm³/mol. The van der Waals surface area contributed by atoms with Crippen molar-refractivity contribution in [1.29, 1.82) is 0 Å². The van der Waals surface area contributed by atoms with Crippen molar-refractivity contribution in [2.45, 2.75) is 79.4 Å². The molecule has 0 bridgehead atoms. The molecular weight excluding hydrogens is 372 g/mol. The summed E-state index contributed by atoms with van der Waals surface area (Å²) in [7, 11) is 0. The van der Waals surface area contributed by atoms with Crippen LogP contribution in [0.2, 0.25) is 0 Å². The number of amides is 1. The maximum absolute atomic E-state index is 12.6. The molecule has 1 N–H and O–H groups in total. The van der Waals surface area contributed by atoms with Crippen molar-refractivity contribution in [3.05, 3.63) is 52.3 Å². The van der Waals surface area contributed by atoms with Crippen LogP contribution in [0.25, 0.3) is 0 Å². The summed E-state index contributed by atoms with van der Waals surface area (Å²) < 4.78 is 2.04. The van der Waals surface area contributed by atoms with Crippen LogP contribution < -0.4 is 5.32 Å². The molecule has 1 saturated heterocycles. The molecule has 2 heterocycles. The maximum Gasteiger partial charge on any atom is 0.224 e. The second-order valence-corrected chi connectivity index (χ2v) is 9.19. The molecule has 0 spiro atoms. The number of carbonyl (C=O) groups excluding carboxylic acids is 1. The molecular formula is C25H38N4O. The smallest absolute Gasteiger partial charge is 0.224 e. The van der Waals surface area contributed by atoms with Crippen molar-refractivity contribution < 1.29 is 4.79 Å². The van der Waals surface area contributed by atoms with Crippen LogP contribution in [0.1, 0.15) is 67.6 Å². The van der Waals surface area contributed by atoms with Gasteiger partial charge in [-0.1, -0.05) is 51.0 Å². The molecule has 3 rings (SSSR count). The van der Waals surface area contributed by atoms with Crippen molar-refractivity contribution in [3.63, 3.8) is 0 Å². The van der Waals surface area contributed by atoms with Gasteiger partial charge in [-0.15, -0.1) is 0 Å². The lowest BCUT2D eigenvalue weighted by Gasteiger charge is -2.20. The molecule has 0 saturated carbocycles. The number of rotatable bonds is 8. The number of benzene rings is 1. The Hall–Kier alpha value is -2.14. The third kappa shape index (κ3) is 6.43. The average Bonchev–Trinajstić information content (AvgIpc) is 2.89. The van der Waals surface area contributed by atoms with Crippen molar-refractivity contribution >= 4 is 5.91 Å². The van der Waals surface area contributed by atoms with E-state index in [1.54, 1.807) is 0 Å². The van der Waals surface area contributed by atoms with Crippen LogP contribution in [0.4, 0.5) is 0 Å². The quantitative estimate of drug-likeness (QED) is 0.702. The molecule has 1 amide bonds. The van der Waals surface area contributed by atoms with Gasteiger partial charge in [0.2, 0.25) is 5.91 Å². The fraction of sp³-hybridized carbons (Fsp3) is 0.600. The third-order valence-corrected chi connectivity index (χ3v) is 5.99. The normalized spacial score (nSPS) is 15.4. The maximum atomic E-state index is 12.6. The summed E-state index contributed by atoms with van der Waals surface area (Å²) >= 11 is 0. The zero-order valence-corrected chi connectivity index (χ0v) is 19.2. The molecule has 1 aliphatic rings. The summed E-state index contributed by atoms with van der Waals surface area (Å²) in [6.07, 6.45) is 5.73. The molecule has 30 heavy (non-hydrogen) atoms. The Morgan fingerprint density at radius 3 is 2.50 bits per heavy atom. The van der Waals surface area contributed by atoms with Crippen LogP contribution in [0, 0.1) is 19.8 Å². The van der Waals surface area contributed by atoms with E-state index in [0.29, 0.717) is 18.9 Å². The first kappa shape index (κ1) is 22.5. The zero-order chi connectivity index (χ0) is 21.5. The monoisotopic (exact) mass is 410 g/mol. The molecule has 0 atom stereocenters. The Morgan fingerprint density at radius 1 is 1.10 bits per heavy atom. The Morgan fingerprint density at radius 2 is 1.80 bits per heavy atom. The Balaban J connectivity index is 1.54. The van der Waals surface area contributed by atoms with Crippen LogP contribution >= 0.6 is 0 Å². The van der Waals surface area contributed by atoms with Crippen LogP contribution in [-0.4, -0.2) is 33.7 Å². The highest BCUT2D eigenvalue weighted by Gasteiger charge is 2.16. The summed E-state index contributed by atoms with van der Waals surface area (Å²) in [5.41, 5.74) is 5.63. The van der Waals surface area contributed by atoms with Crippen LogP contribution in [-0.2, 0) is 30.8 Å². The van der Waals surface area contributed by atoms with Gasteiger partial charge in [-0.2, -0.15) is 5.10 Å². The van der Waals surface area contributed by atoms with Gasteiger partial charge in [-0.05, 0) is 56.8 Å². The van der Waals surface area contributed by atoms with Gasteiger partial charge in [0.25, 0.3) is 0 Å². The van der Waals surface area contributed by atoms with E-state index < -0.39 is 0 Å². The highest BCUT2D eigenvalue weighted by Crippen LogP contribution is 2.16. The second-order valence-electron chi connectivity index (χ2n) is 9.19. The SMILES string of the molecule is Cc1nn(CC(C)C)c(C)c1CC(=O)NCc1cccc(CN2CCCCCC2)c1. The van der Waals surface area contributed by atoms with Gasteiger partial charge in [-0.25, -0.2) is 0 Å². The topological polar surface area (TPSA) is 50.2 Å². The van der Waals surface area contributed by atoms with Gasteiger partial charge >= 0.3 is 0 Å². The first-order chi connectivity index (χ1) is 14.4. The number of hydrogen-bond acceptors (Lipinski definition) is 3. The molecule has 5 nitrogen and oxygen atoms in total. The molecule has 0 aliphatic carbocycles. The number of aryl methyl sites for hydroxylation is 1. The fourth-order valence-corrected chi connectivity index (χ4v) is 4.33. The first-order valence-corrected chi connectivity index (χ1v) is 11.5. The molecule has 1 aromatic carbocycles. The molecule has 2 aromatic rings. The first-order valence-electron chi connectivity index (χ1n) is 11.5. The Bertz CT molecular complexity index is 832. The van der Waals surface area contributed by atoms with E-state index in [4.69, 9.17) is 0 Å². The minimum atomic E-state index is 0.0585. The average molecular weight is 411 g/mol. The molecule has 1 aliphatic heterocycles. The summed E-state index contributed by atoms with van der Waals surface area (Å²) in [5.74, 6) is 0.592. The van der Waals surface area contributed by atoms with Gasteiger partial charge in [-0.3, -0.25) is 14.4 Å². The number of aromatic nitrogens is 2. The van der Waals surface area contributed by atoms with Gasteiger partial charge in [0, 0.05) is 30.9 Å². The van der Waals surface area contributed by atoms with Gasteiger partial charge in [0.1, 0.15) is 0 Å². The molecule has 0 radical (unpaired) electrons. The van der Waals surface area contributed by atoms with E-state index in [9.17, 15) is 4.79 Å². The lowest BCUT2D eigenvalue weighted by atomic mass is 10.1. The summed E-state index contributed by atoms with van der Waals surface area (Å²) in [6.45, 7) is 13.3. The third-order valence-electron chi connectivity index (χ3n) is 5.99. The van der Waals surface area contributed by atoms with Gasteiger partial charge < -0.3 is 5.32 Å². The van der Waals surface area contributed by atoms with Crippen LogP contribution in [0.15, 0.2) is 24.3 Å². The standard InChI is InChI=1S/C25H38N4O/c1-19(2)17-29-21(4)24(20(3)27-29)15-25(30)26-16-22-10-9-11-23(14-22)18-28-12-7-5-6-8-13-28/h9-11,14,19H,5-8,12-13,15-18H2,1-4H3,(H,26,30). The van der Waals surface area contributed by atoms with E-state index in [1.165, 1.54) is 49.9 Å². The van der Waals surface area contributed by atoms with E-state index in [0.717, 1.165) is 30.0 Å². The van der Waals surface area contributed by atoms with Gasteiger partial charge in [0.15, 0.2) is 0 Å². The predicted octanol–water partition coefficient (Wildman–Crippen LogP) is 4.39. The van der Waals surface area contributed by atoms with Crippen molar-refractivity contribution in [3.8, 4) is 0 Å².